The summed E-state index contributed by atoms with van der Waals surface area (Å²) in [6.45, 7) is 8.17. The van der Waals surface area contributed by atoms with Gasteiger partial charge in [-0.25, -0.2) is 4.98 Å². The van der Waals surface area contributed by atoms with Gasteiger partial charge in [-0.3, -0.25) is 0 Å². The summed E-state index contributed by atoms with van der Waals surface area (Å²) >= 11 is 0. The lowest BCUT2D eigenvalue weighted by molar-refractivity contribution is 0.374. The molecule has 3 nitrogen and oxygen atoms in total. The Hall–Kier alpha value is -0.830. The van der Waals surface area contributed by atoms with Gasteiger partial charge in [-0.2, -0.15) is 0 Å². The SMILES string of the molecule is Cc1nc(CNCC2CCCC2C)oc1C. The van der Waals surface area contributed by atoms with Crippen LogP contribution < -0.4 is 5.32 Å². The largest absolute Gasteiger partial charge is 0.444 e. The number of hydrogen-bond acceptors (Lipinski definition) is 3. The number of nitrogens with one attached hydrogen (secondary N) is 1. The van der Waals surface area contributed by atoms with Gasteiger partial charge < -0.3 is 9.73 Å². The molecule has 1 fully saturated rings. The summed E-state index contributed by atoms with van der Waals surface area (Å²) in [4.78, 5) is 4.36. The zero-order valence-corrected chi connectivity index (χ0v) is 10.5. The van der Waals surface area contributed by atoms with Gasteiger partial charge in [0.2, 0.25) is 5.89 Å². The number of aryl methyl sites for hydroxylation is 2. The quantitative estimate of drug-likeness (QED) is 0.851. The van der Waals surface area contributed by atoms with Crippen LogP contribution in [0.25, 0.3) is 0 Å². The molecule has 1 saturated carbocycles. The average Bonchev–Trinajstić information content (AvgIpc) is 2.76. The van der Waals surface area contributed by atoms with Gasteiger partial charge in [0.25, 0.3) is 0 Å². The summed E-state index contributed by atoms with van der Waals surface area (Å²) in [7, 11) is 0. The van der Waals surface area contributed by atoms with Gasteiger partial charge in [0.15, 0.2) is 0 Å². The van der Waals surface area contributed by atoms with Crippen LogP contribution in [0.1, 0.15) is 43.5 Å². The van der Waals surface area contributed by atoms with Crippen LogP contribution in [-0.4, -0.2) is 11.5 Å². The minimum Gasteiger partial charge on any atom is -0.444 e. The Balaban J connectivity index is 1.75. The highest BCUT2D eigenvalue weighted by atomic mass is 16.4. The molecule has 1 heterocycles. The Morgan fingerprint density at radius 1 is 1.38 bits per heavy atom. The van der Waals surface area contributed by atoms with Gasteiger partial charge in [-0.1, -0.05) is 19.8 Å². The second-order valence-corrected chi connectivity index (χ2v) is 5.05. The fraction of sp³-hybridized carbons (Fsp3) is 0.769. The van der Waals surface area contributed by atoms with Crippen LogP contribution >= 0.6 is 0 Å². The smallest absolute Gasteiger partial charge is 0.208 e. The first kappa shape index (κ1) is 11.6. The first-order chi connectivity index (χ1) is 7.66. The van der Waals surface area contributed by atoms with E-state index in [2.05, 4.69) is 17.2 Å². The van der Waals surface area contributed by atoms with Crippen molar-refractivity contribution in [3.63, 3.8) is 0 Å². The van der Waals surface area contributed by atoms with Gasteiger partial charge in [0.1, 0.15) is 5.76 Å². The van der Waals surface area contributed by atoms with Crippen molar-refractivity contribution in [3.8, 4) is 0 Å². The van der Waals surface area contributed by atoms with Crippen molar-refractivity contribution >= 4 is 0 Å². The van der Waals surface area contributed by atoms with Crippen LogP contribution in [-0.2, 0) is 6.54 Å². The minimum atomic E-state index is 0.762. The van der Waals surface area contributed by atoms with E-state index in [-0.39, 0.29) is 0 Å². The fourth-order valence-electron chi connectivity index (χ4n) is 2.50. The van der Waals surface area contributed by atoms with E-state index in [1.165, 1.54) is 19.3 Å². The molecule has 0 aliphatic heterocycles. The lowest BCUT2D eigenvalue weighted by Gasteiger charge is -2.14. The molecular weight excluding hydrogens is 200 g/mol. The molecule has 1 aliphatic rings. The molecule has 0 bridgehead atoms. The molecular formula is C13H22N2O. The molecule has 0 amide bonds. The maximum absolute atomic E-state index is 5.53. The van der Waals surface area contributed by atoms with E-state index in [4.69, 9.17) is 4.42 Å². The first-order valence-corrected chi connectivity index (χ1v) is 6.30. The average molecular weight is 222 g/mol. The first-order valence-electron chi connectivity index (χ1n) is 6.30. The molecule has 0 aromatic carbocycles. The van der Waals surface area contributed by atoms with Gasteiger partial charge in [0, 0.05) is 0 Å². The zero-order chi connectivity index (χ0) is 11.5. The molecule has 2 unspecified atom stereocenters. The molecule has 0 spiro atoms. The number of aromatic nitrogens is 1. The third kappa shape index (κ3) is 2.64. The van der Waals surface area contributed by atoms with Crippen LogP contribution in [0.5, 0.6) is 0 Å². The standard InChI is InChI=1S/C13H22N2O/c1-9-5-4-6-12(9)7-14-8-13-15-10(2)11(3)16-13/h9,12,14H,4-8H2,1-3H3. The minimum absolute atomic E-state index is 0.762. The molecule has 1 aromatic rings. The second kappa shape index (κ2) is 5.00. The zero-order valence-electron chi connectivity index (χ0n) is 10.5. The van der Waals surface area contributed by atoms with E-state index >= 15 is 0 Å². The summed E-state index contributed by atoms with van der Waals surface area (Å²) < 4.78 is 5.53. The van der Waals surface area contributed by atoms with E-state index in [0.29, 0.717) is 0 Å². The van der Waals surface area contributed by atoms with Crippen LogP contribution in [0.3, 0.4) is 0 Å². The maximum atomic E-state index is 5.53. The number of hydrogen-bond donors (Lipinski definition) is 1. The number of oxazole rings is 1. The normalized spacial score (nSPS) is 25.2. The number of rotatable bonds is 4. The van der Waals surface area contributed by atoms with Crippen LogP contribution in [0, 0.1) is 25.7 Å². The third-order valence-corrected chi connectivity index (χ3v) is 3.79. The molecule has 2 atom stereocenters. The van der Waals surface area contributed by atoms with Crippen molar-refractivity contribution in [3.05, 3.63) is 17.3 Å². The van der Waals surface area contributed by atoms with Crippen molar-refractivity contribution in [2.75, 3.05) is 6.54 Å². The molecule has 2 rings (SSSR count). The lowest BCUT2D eigenvalue weighted by atomic mass is 9.98. The summed E-state index contributed by atoms with van der Waals surface area (Å²) in [6, 6.07) is 0. The van der Waals surface area contributed by atoms with Crippen LogP contribution in [0.15, 0.2) is 4.42 Å². The summed E-state index contributed by atoms with van der Waals surface area (Å²) in [6.07, 6.45) is 4.16. The molecule has 3 heteroatoms. The second-order valence-electron chi connectivity index (χ2n) is 5.05. The van der Waals surface area contributed by atoms with Gasteiger partial charge in [-0.15, -0.1) is 0 Å². The Morgan fingerprint density at radius 3 is 2.75 bits per heavy atom. The molecule has 16 heavy (non-hydrogen) atoms. The van der Waals surface area contributed by atoms with E-state index < -0.39 is 0 Å². The van der Waals surface area contributed by atoms with E-state index in [1.54, 1.807) is 0 Å². The van der Waals surface area contributed by atoms with Crippen molar-refractivity contribution in [1.82, 2.24) is 10.3 Å². The van der Waals surface area contributed by atoms with Crippen molar-refractivity contribution in [2.45, 2.75) is 46.6 Å². The molecule has 0 saturated heterocycles. The Morgan fingerprint density at radius 2 is 2.19 bits per heavy atom. The lowest BCUT2D eigenvalue weighted by Crippen LogP contribution is -2.24. The highest BCUT2D eigenvalue weighted by Crippen LogP contribution is 2.30. The monoisotopic (exact) mass is 222 g/mol. The molecule has 0 radical (unpaired) electrons. The molecule has 1 aliphatic carbocycles. The third-order valence-electron chi connectivity index (χ3n) is 3.79. The predicted octanol–water partition coefficient (Wildman–Crippen LogP) is 2.82. The highest BCUT2D eigenvalue weighted by molar-refractivity contribution is 5.05. The molecule has 1 N–H and O–H groups in total. The van der Waals surface area contributed by atoms with E-state index in [0.717, 1.165) is 42.3 Å². The fourth-order valence-corrected chi connectivity index (χ4v) is 2.50. The Labute approximate surface area is 97.6 Å². The molecule has 1 aromatic heterocycles. The predicted molar refractivity (Wildman–Crippen MR) is 64.2 cm³/mol. The Bertz CT molecular complexity index is 326. The van der Waals surface area contributed by atoms with Crippen molar-refractivity contribution in [2.24, 2.45) is 11.8 Å². The van der Waals surface area contributed by atoms with Gasteiger partial charge >= 0.3 is 0 Å². The Kier molecular flexibility index (Phi) is 3.64. The molecule has 90 valence electrons. The summed E-state index contributed by atoms with van der Waals surface area (Å²) in [5.41, 5.74) is 1.01. The van der Waals surface area contributed by atoms with Crippen LogP contribution in [0.4, 0.5) is 0 Å². The van der Waals surface area contributed by atoms with Crippen molar-refractivity contribution < 1.29 is 4.42 Å². The van der Waals surface area contributed by atoms with E-state index in [9.17, 15) is 0 Å². The van der Waals surface area contributed by atoms with Crippen molar-refractivity contribution in [1.29, 1.82) is 0 Å². The van der Waals surface area contributed by atoms with Crippen LogP contribution in [0.2, 0.25) is 0 Å². The topological polar surface area (TPSA) is 38.1 Å². The van der Waals surface area contributed by atoms with E-state index in [1.807, 2.05) is 13.8 Å². The summed E-state index contributed by atoms with van der Waals surface area (Å²) in [5, 5.41) is 3.46. The maximum Gasteiger partial charge on any atom is 0.208 e. The summed E-state index contributed by atoms with van der Waals surface area (Å²) in [5.74, 6) is 3.48. The number of nitrogens with zero attached hydrogens (tertiary/aromatic N) is 1. The highest BCUT2D eigenvalue weighted by Gasteiger charge is 2.22. The van der Waals surface area contributed by atoms with Gasteiger partial charge in [-0.05, 0) is 38.6 Å². The van der Waals surface area contributed by atoms with Gasteiger partial charge in [0.05, 0.1) is 12.2 Å².